The lowest BCUT2D eigenvalue weighted by atomic mass is 9.94. The van der Waals surface area contributed by atoms with Crippen LogP contribution in [0.4, 0.5) is 5.69 Å². The van der Waals surface area contributed by atoms with Crippen LogP contribution in [-0.4, -0.2) is 80.5 Å². The van der Waals surface area contributed by atoms with Gasteiger partial charge < -0.3 is 10.2 Å². The Bertz CT molecular complexity index is 1230. The van der Waals surface area contributed by atoms with E-state index in [-0.39, 0.29) is 36.2 Å². The Morgan fingerprint density at radius 1 is 1.11 bits per heavy atom. The molecule has 1 unspecified atom stereocenters. The van der Waals surface area contributed by atoms with Gasteiger partial charge >= 0.3 is 0 Å². The second kappa shape index (κ2) is 9.02. The second-order valence-electron chi connectivity index (χ2n) is 9.14. The number of hydrogen-bond donors (Lipinski definition) is 2. The van der Waals surface area contributed by atoms with E-state index in [0.29, 0.717) is 5.92 Å². The average molecular weight is 479 g/mol. The van der Waals surface area contributed by atoms with Crippen LogP contribution in [0.25, 0.3) is 0 Å². The third-order valence-electron chi connectivity index (χ3n) is 6.74. The predicted molar refractivity (Wildman–Crippen MR) is 121 cm³/mol. The minimum Gasteiger partial charge on any atom is -0.324 e. The van der Waals surface area contributed by atoms with Gasteiger partial charge in [0.2, 0.25) is 17.7 Å². The summed E-state index contributed by atoms with van der Waals surface area (Å²) in [5, 5.41) is 13.2. The van der Waals surface area contributed by atoms with Crippen molar-refractivity contribution in [2.45, 2.75) is 44.2 Å². The van der Waals surface area contributed by atoms with Gasteiger partial charge in [-0.1, -0.05) is 11.3 Å². The number of carbonyl (C=O) groups excluding carboxylic acids is 5. The predicted octanol–water partition coefficient (Wildman–Crippen LogP) is 0.127. The Labute approximate surface area is 200 Å². The van der Waals surface area contributed by atoms with E-state index in [4.69, 9.17) is 0 Å². The maximum absolute atomic E-state index is 13.2. The van der Waals surface area contributed by atoms with Gasteiger partial charge in [0, 0.05) is 18.5 Å². The number of benzene rings is 1. The first kappa shape index (κ1) is 22.8. The number of rotatable bonds is 5. The first-order valence-electron chi connectivity index (χ1n) is 11.5. The van der Waals surface area contributed by atoms with Gasteiger partial charge in [-0.15, -0.1) is 5.10 Å². The van der Waals surface area contributed by atoms with Crippen molar-refractivity contribution in [1.29, 1.82) is 0 Å². The number of piperidine rings is 2. The number of nitrogens with zero attached hydrogens (tertiary/aromatic N) is 5. The summed E-state index contributed by atoms with van der Waals surface area (Å²) in [5.41, 5.74) is 1.16. The summed E-state index contributed by atoms with van der Waals surface area (Å²) in [6.07, 6.45) is 3.83. The molecule has 5 amide bonds. The summed E-state index contributed by atoms with van der Waals surface area (Å²) in [4.78, 5) is 65.7. The molecule has 182 valence electrons. The number of imide groups is 2. The molecule has 1 aromatic heterocycles. The molecule has 2 saturated heterocycles. The van der Waals surface area contributed by atoms with E-state index in [2.05, 4.69) is 32.9 Å². The van der Waals surface area contributed by atoms with Gasteiger partial charge in [0.1, 0.15) is 12.6 Å². The number of nitrogens with one attached hydrogen (secondary N) is 2. The lowest BCUT2D eigenvalue weighted by molar-refractivity contribution is -0.136. The highest BCUT2D eigenvalue weighted by molar-refractivity contribution is 6.26. The molecule has 0 aliphatic carbocycles. The molecule has 12 heteroatoms. The topological polar surface area (TPSA) is 147 Å². The smallest absolute Gasteiger partial charge is 0.264 e. The number of aromatic nitrogens is 3. The Hall–Kier alpha value is -3.93. The minimum absolute atomic E-state index is 0.0288. The quantitative estimate of drug-likeness (QED) is 0.575. The molecule has 0 spiro atoms. The van der Waals surface area contributed by atoms with E-state index in [1.165, 1.54) is 16.8 Å². The van der Waals surface area contributed by atoms with Crippen LogP contribution in [0.1, 0.15) is 58.0 Å². The number of hydrogen-bond acceptors (Lipinski definition) is 8. The van der Waals surface area contributed by atoms with Crippen LogP contribution in [0.5, 0.6) is 0 Å². The van der Waals surface area contributed by atoms with Crippen LogP contribution in [0, 0.1) is 0 Å². The standard InChI is InChI=1S/C23H25N7O5/c1-28-9-7-13(8-10-28)16-11-29(27-26-16)12-19(32)24-15-4-2-3-14-20(15)23(35)30(22(14)34)17-5-6-18(31)25-21(17)33/h2-4,11,13,17H,5-10,12H2,1H3,(H,24,32)(H,25,31,33). The van der Waals surface area contributed by atoms with Crippen molar-refractivity contribution in [3.05, 3.63) is 41.2 Å². The zero-order valence-electron chi connectivity index (χ0n) is 19.2. The Kier molecular flexibility index (Phi) is 5.89. The van der Waals surface area contributed by atoms with Crippen molar-refractivity contribution in [3.63, 3.8) is 0 Å². The van der Waals surface area contributed by atoms with Crippen LogP contribution >= 0.6 is 0 Å². The van der Waals surface area contributed by atoms with E-state index in [0.717, 1.165) is 36.5 Å². The van der Waals surface area contributed by atoms with Crippen molar-refractivity contribution >= 4 is 35.2 Å². The van der Waals surface area contributed by atoms with Gasteiger partial charge in [0.25, 0.3) is 11.8 Å². The van der Waals surface area contributed by atoms with Crippen molar-refractivity contribution in [1.82, 2.24) is 30.1 Å². The van der Waals surface area contributed by atoms with Gasteiger partial charge in [0.15, 0.2) is 0 Å². The summed E-state index contributed by atoms with van der Waals surface area (Å²) in [7, 11) is 2.08. The maximum Gasteiger partial charge on any atom is 0.264 e. The maximum atomic E-state index is 13.2. The minimum atomic E-state index is -1.07. The Morgan fingerprint density at radius 3 is 2.63 bits per heavy atom. The molecule has 3 aliphatic rings. The SMILES string of the molecule is CN1CCC(c2cn(CC(=O)Nc3cccc4c3C(=O)N(C3CCC(=O)NC3=O)C4=O)nn2)CC1. The number of amides is 5. The third kappa shape index (κ3) is 4.32. The first-order chi connectivity index (χ1) is 16.8. The molecule has 0 radical (unpaired) electrons. The van der Waals surface area contributed by atoms with Crippen LogP contribution in [0.3, 0.4) is 0 Å². The summed E-state index contributed by atoms with van der Waals surface area (Å²) in [6.45, 7) is 1.86. The molecule has 4 heterocycles. The van der Waals surface area contributed by atoms with Gasteiger partial charge in [0.05, 0.1) is 22.5 Å². The van der Waals surface area contributed by atoms with Gasteiger partial charge in [-0.3, -0.25) is 34.2 Å². The molecule has 0 bridgehead atoms. The van der Waals surface area contributed by atoms with Gasteiger partial charge in [-0.2, -0.15) is 0 Å². The summed E-state index contributed by atoms with van der Waals surface area (Å²) < 4.78 is 1.45. The molecule has 1 aromatic carbocycles. The van der Waals surface area contributed by atoms with Crippen molar-refractivity contribution < 1.29 is 24.0 Å². The number of fused-ring (bicyclic) bond motifs is 1. The molecule has 1 atom stereocenters. The Morgan fingerprint density at radius 2 is 1.89 bits per heavy atom. The number of likely N-dealkylation sites (tertiary alicyclic amines) is 1. The number of carbonyl (C=O) groups is 5. The fraction of sp³-hybridized carbons (Fsp3) is 0.435. The summed E-state index contributed by atoms with van der Waals surface area (Å²) in [5.74, 6) is -2.56. The van der Waals surface area contributed by atoms with Crippen LogP contribution in [0.2, 0.25) is 0 Å². The van der Waals surface area contributed by atoms with E-state index >= 15 is 0 Å². The molecular formula is C23H25N7O5. The highest BCUT2D eigenvalue weighted by Crippen LogP contribution is 2.32. The van der Waals surface area contributed by atoms with E-state index in [1.54, 1.807) is 12.3 Å². The molecule has 2 N–H and O–H groups in total. The van der Waals surface area contributed by atoms with E-state index < -0.39 is 35.6 Å². The fourth-order valence-electron chi connectivity index (χ4n) is 4.84. The molecule has 12 nitrogen and oxygen atoms in total. The zero-order chi connectivity index (χ0) is 24.7. The second-order valence-corrected chi connectivity index (χ2v) is 9.14. The summed E-state index contributed by atoms with van der Waals surface area (Å²) in [6, 6.07) is 3.49. The molecule has 5 rings (SSSR count). The normalized spacial score (nSPS) is 21.3. The zero-order valence-corrected chi connectivity index (χ0v) is 19.2. The third-order valence-corrected chi connectivity index (χ3v) is 6.74. The monoisotopic (exact) mass is 479 g/mol. The fourth-order valence-corrected chi connectivity index (χ4v) is 4.84. The van der Waals surface area contributed by atoms with Gasteiger partial charge in [-0.05, 0) is 51.5 Å². The van der Waals surface area contributed by atoms with Crippen LogP contribution < -0.4 is 10.6 Å². The molecule has 2 fully saturated rings. The van der Waals surface area contributed by atoms with Gasteiger partial charge in [-0.25, -0.2) is 4.68 Å². The molecule has 35 heavy (non-hydrogen) atoms. The van der Waals surface area contributed by atoms with Crippen LogP contribution in [0.15, 0.2) is 24.4 Å². The van der Waals surface area contributed by atoms with E-state index in [9.17, 15) is 24.0 Å². The average Bonchev–Trinajstić information content (AvgIpc) is 3.38. The lowest BCUT2D eigenvalue weighted by Gasteiger charge is -2.27. The molecule has 3 aliphatic heterocycles. The lowest BCUT2D eigenvalue weighted by Crippen LogP contribution is -2.54. The van der Waals surface area contributed by atoms with Crippen molar-refractivity contribution in [2.24, 2.45) is 0 Å². The van der Waals surface area contributed by atoms with E-state index in [1.807, 2.05) is 0 Å². The highest BCUT2D eigenvalue weighted by atomic mass is 16.2. The van der Waals surface area contributed by atoms with Crippen molar-refractivity contribution in [2.75, 3.05) is 25.5 Å². The molecule has 0 saturated carbocycles. The Balaban J connectivity index is 1.29. The largest absolute Gasteiger partial charge is 0.324 e. The first-order valence-corrected chi connectivity index (χ1v) is 11.5. The highest BCUT2D eigenvalue weighted by Gasteiger charge is 2.45. The van der Waals surface area contributed by atoms with Crippen molar-refractivity contribution in [3.8, 4) is 0 Å². The number of anilines is 1. The molecule has 2 aromatic rings. The summed E-state index contributed by atoms with van der Waals surface area (Å²) >= 11 is 0. The van der Waals surface area contributed by atoms with Crippen LogP contribution in [-0.2, 0) is 20.9 Å². The molecular weight excluding hydrogens is 454 g/mol.